The number of hydrogen-bond acceptors (Lipinski definition) is 4. The molecule has 0 saturated carbocycles. The van der Waals surface area contributed by atoms with Crippen molar-refractivity contribution in [3.63, 3.8) is 0 Å². The van der Waals surface area contributed by atoms with Crippen LogP contribution in [-0.4, -0.2) is 36.7 Å². The van der Waals surface area contributed by atoms with Crippen molar-refractivity contribution in [2.45, 2.75) is 19.1 Å². The first kappa shape index (κ1) is 21.4. The first-order chi connectivity index (χ1) is 15.9. The van der Waals surface area contributed by atoms with Crippen LogP contribution in [-0.2, 0) is 12.1 Å². The highest BCUT2D eigenvalue weighted by molar-refractivity contribution is 5.81. The van der Waals surface area contributed by atoms with Crippen molar-refractivity contribution in [3.05, 3.63) is 107 Å². The Morgan fingerprint density at radius 3 is 2.27 bits per heavy atom. The van der Waals surface area contributed by atoms with Crippen LogP contribution in [0, 0.1) is 6.92 Å². The van der Waals surface area contributed by atoms with E-state index in [0.717, 1.165) is 23.4 Å². The summed E-state index contributed by atoms with van der Waals surface area (Å²) in [4.78, 5) is 4.47. The summed E-state index contributed by atoms with van der Waals surface area (Å²) >= 11 is 0. The van der Waals surface area contributed by atoms with Crippen LogP contribution in [0.3, 0.4) is 0 Å². The van der Waals surface area contributed by atoms with Gasteiger partial charge in [-0.1, -0.05) is 60.7 Å². The normalized spacial score (nSPS) is 14.1. The third kappa shape index (κ3) is 3.94. The van der Waals surface area contributed by atoms with Gasteiger partial charge in [-0.3, -0.25) is 0 Å². The molecule has 0 aliphatic heterocycles. The van der Waals surface area contributed by atoms with Gasteiger partial charge in [0.2, 0.25) is 0 Å². The lowest BCUT2D eigenvalue weighted by molar-refractivity contribution is -0.904. The molecule has 0 atom stereocenters. The first-order valence-corrected chi connectivity index (χ1v) is 11.2. The monoisotopic (exact) mass is 440 g/mol. The molecule has 168 valence electrons. The summed E-state index contributed by atoms with van der Waals surface area (Å²) in [5.41, 5.74) is 2.83. The standard InChI is InChI=1S/C28H28N2O3/c1-20-9-8-10-21(17-20)32-16-15-30(2,3)19-22-18-29-27(33-22)28(31)25-13-6-4-11-23(25)24-12-5-7-14-26(24)28/h4-14,17-18H,15-16,19H2,1-3H3. The lowest BCUT2D eigenvalue weighted by atomic mass is 9.91. The second kappa shape index (κ2) is 8.18. The Hall–Kier alpha value is -3.41. The summed E-state index contributed by atoms with van der Waals surface area (Å²) in [7, 11) is 4.24. The molecule has 3 aromatic carbocycles. The number of likely N-dealkylation sites (N-methyl/N-ethyl adjacent to an activating group) is 1. The molecule has 0 radical (unpaired) electrons. The predicted octanol–water partition coefficient (Wildman–Crippen LogP) is 4.27. The number of nitrogens with zero attached hydrogens (tertiary/aromatic N) is 2. The Balaban J connectivity index is 1.34. The van der Waals surface area contributed by atoms with Crippen molar-refractivity contribution >= 4 is 0 Å². The van der Waals surface area contributed by atoms with Crippen LogP contribution in [0.1, 0.15) is 28.3 Å². The first-order valence-electron chi connectivity index (χ1n) is 11.2. The van der Waals surface area contributed by atoms with Crippen LogP contribution in [0.5, 0.6) is 5.75 Å². The van der Waals surface area contributed by atoms with E-state index in [1.54, 1.807) is 6.20 Å². The Kier molecular flexibility index (Phi) is 5.31. The zero-order valence-electron chi connectivity index (χ0n) is 19.2. The summed E-state index contributed by atoms with van der Waals surface area (Å²) in [5, 5.41) is 14.3. The number of aromatic nitrogens is 1. The fourth-order valence-corrected chi connectivity index (χ4v) is 4.59. The van der Waals surface area contributed by atoms with Crippen molar-refractivity contribution in [3.8, 4) is 16.9 Å². The van der Waals surface area contributed by atoms with Gasteiger partial charge in [-0.25, -0.2) is 4.98 Å². The van der Waals surface area contributed by atoms with Gasteiger partial charge >= 0.3 is 0 Å². The molecule has 0 fully saturated rings. The molecule has 5 rings (SSSR count). The van der Waals surface area contributed by atoms with E-state index in [2.05, 4.69) is 32.1 Å². The molecule has 1 heterocycles. The van der Waals surface area contributed by atoms with Crippen molar-refractivity contribution in [1.29, 1.82) is 0 Å². The van der Waals surface area contributed by atoms with Crippen LogP contribution in [0.15, 0.2) is 83.4 Å². The number of rotatable bonds is 7. The third-order valence-corrected chi connectivity index (χ3v) is 6.30. The molecule has 1 aliphatic rings. The minimum atomic E-state index is -1.64. The summed E-state index contributed by atoms with van der Waals surface area (Å²) in [5.74, 6) is 1.78. The number of benzene rings is 3. The lowest BCUT2D eigenvalue weighted by Crippen LogP contribution is -2.42. The van der Waals surface area contributed by atoms with Crippen molar-refractivity contribution < 1.29 is 18.7 Å². The number of oxazole rings is 1. The van der Waals surface area contributed by atoms with Gasteiger partial charge < -0.3 is 18.7 Å². The number of quaternary nitrogens is 1. The number of fused-ring (bicyclic) bond motifs is 3. The molecular weight excluding hydrogens is 412 g/mol. The molecule has 5 nitrogen and oxygen atoms in total. The molecule has 4 aromatic rings. The summed E-state index contributed by atoms with van der Waals surface area (Å²) in [6.45, 7) is 4.05. The Bertz CT molecular complexity index is 1250. The largest absolute Gasteiger partial charge is 0.835 e. The highest BCUT2D eigenvalue weighted by Crippen LogP contribution is 2.48. The van der Waals surface area contributed by atoms with Gasteiger partial charge in [0.15, 0.2) is 11.7 Å². The van der Waals surface area contributed by atoms with E-state index in [9.17, 15) is 5.11 Å². The Morgan fingerprint density at radius 1 is 0.939 bits per heavy atom. The van der Waals surface area contributed by atoms with E-state index in [1.807, 2.05) is 66.7 Å². The molecule has 0 amide bonds. The van der Waals surface area contributed by atoms with Gasteiger partial charge in [-0.2, -0.15) is 0 Å². The highest BCUT2D eigenvalue weighted by atomic mass is 16.5. The van der Waals surface area contributed by atoms with Crippen molar-refractivity contribution in [2.24, 2.45) is 0 Å². The third-order valence-electron chi connectivity index (χ3n) is 6.30. The Morgan fingerprint density at radius 2 is 1.61 bits per heavy atom. The van der Waals surface area contributed by atoms with Crippen LogP contribution in [0.2, 0.25) is 0 Å². The minimum Gasteiger partial charge on any atom is -0.835 e. The molecule has 1 aliphatic carbocycles. The molecule has 5 heteroatoms. The summed E-state index contributed by atoms with van der Waals surface area (Å²) < 4.78 is 12.7. The van der Waals surface area contributed by atoms with E-state index >= 15 is 0 Å². The van der Waals surface area contributed by atoms with E-state index in [0.29, 0.717) is 34.5 Å². The minimum absolute atomic E-state index is 0.200. The predicted molar refractivity (Wildman–Crippen MR) is 126 cm³/mol. The van der Waals surface area contributed by atoms with Gasteiger partial charge in [0.1, 0.15) is 25.4 Å². The fraction of sp³-hybridized carbons (Fsp3) is 0.250. The van der Waals surface area contributed by atoms with E-state index in [4.69, 9.17) is 9.15 Å². The lowest BCUT2D eigenvalue weighted by Gasteiger charge is -2.35. The molecule has 1 aromatic heterocycles. The van der Waals surface area contributed by atoms with Crippen LogP contribution in [0.25, 0.3) is 11.1 Å². The van der Waals surface area contributed by atoms with Gasteiger partial charge in [0.05, 0.1) is 20.3 Å². The molecule has 0 unspecified atom stereocenters. The summed E-state index contributed by atoms with van der Waals surface area (Å²) in [6, 6.07) is 23.5. The van der Waals surface area contributed by atoms with E-state index < -0.39 is 5.60 Å². The fourth-order valence-electron chi connectivity index (χ4n) is 4.59. The maximum atomic E-state index is 14.3. The molecule has 0 saturated heterocycles. The SMILES string of the molecule is Cc1cccc(OCC[N+](C)(C)Cc2cnc(C3([O-])c4ccccc4-c4ccccc43)o2)c1. The second-order valence-corrected chi connectivity index (χ2v) is 9.39. The molecule has 0 N–H and O–H groups in total. The zero-order chi connectivity index (χ0) is 23.1. The van der Waals surface area contributed by atoms with E-state index in [-0.39, 0.29) is 5.89 Å². The van der Waals surface area contributed by atoms with E-state index in [1.165, 1.54) is 5.56 Å². The van der Waals surface area contributed by atoms with Crippen molar-refractivity contribution in [2.75, 3.05) is 27.2 Å². The molecular formula is C28H28N2O3. The maximum absolute atomic E-state index is 14.3. The quantitative estimate of drug-likeness (QED) is 0.403. The number of ether oxygens (including phenoxy) is 1. The second-order valence-electron chi connectivity index (χ2n) is 9.39. The Labute approximate surface area is 194 Å². The van der Waals surface area contributed by atoms with Gasteiger partial charge in [0, 0.05) is 5.60 Å². The smallest absolute Gasteiger partial charge is 0.193 e. The number of hydrogen-bond donors (Lipinski definition) is 0. The van der Waals surface area contributed by atoms with Crippen LogP contribution >= 0.6 is 0 Å². The average molecular weight is 441 g/mol. The van der Waals surface area contributed by atoms with Crippen molar-refractivity contribution in [1.82, 2.24) is 4.98 Å². The van der Waals surface area contributed by atoms with Crippen LogP contribution < -0.4 is 9.84 Å². The topological polar surface area (TPSA) is 58.3 Å². The van der Waals surface area contributed by atoms with Gasteiger partial charge in [-0.15, -0.1) is 0 Å². The number of aryl methyl sites for hydroxylation is 1. The zero-order valence-corrected chi connectivity index (χ0v) is 19.2. The highest BCUT2D eigenvalue weighted by Gasteiger charge is 2.38. The summed E-state index contributed by atoms with van der Waals surface area (Å²) in [6.07, 6.45) is 1.69. The average Bonchev–Trinajstić information content (AvgIpc) is 3.36. The maximum Gasteiger partial charge on any atom is 0.193 e. The molecule has 0 spiro atoms. The molecule has 0 bridgehead atoms. The van der Waals surface area contributed by atoms with Gasteiger partial charge in [-0.05, 0) is 46.9 Å². The van der Waals surface area contributed by atoms with Crippen LogP contribution in [0.4, 0.5) is 0 Å². The molecule has 33 heavy (non-hydrogen) atoms. The van der Waals surface area contributed by atoms with Gasteiger partial charge in [0.25, 0.3) is 0 Å².